The molecule has 0 aromatic heterocycles. The molecule has 0 bridgehead atoms. The van der Waals surface area contributed by atoms with E-state index in [1.54, 1.807) is 0 Å². The van der Waals surface area contributed by atoms with Crippen molar-refractivity contribution in [2.24, 2.45) is 5.92 Å². The molecule has 25 heavy (non-hydrogen) atoms. The van der Waals surface area contributed by atoms with E-state index in [1.165, 1.54) is 0 Å². The number of carbonyl (C=O) groups excluding carboxylic acids is 1. The van der Waals surface area contributed by atoms with E-state index in [1.807, 2.05) is 0 Å². The molecule has 1 fully saturated rings. The molecule has 0 aliphatic heterocycles. The second kappa shape index (κ2) is 7.27. The molecular formula is C15H16F5NO3S. The van der Waals surface area contributed by atoms with Crippen molar-refractivity contribution >= 4 is 15.7 Å². The highest BCUT2D eigenvalue weighted by molar-refractivity contribution is 7.91. The monoisotopic (exact) mass is 385 g/mol. The Bertz CT molecular complexity index is 716. The van der Waals surface area contributed by atoms with Gasteiger partial charge in [0.15, 0.2) is 0 Å². The number of nitrogens with one attached hydrogen (secondary N) is 1. The van der Waals surface area contributed by atoms with Crippen LogP contribution in [0.3, 0.4) is 0 Å². The zero-order chi connectivity index (χ0) is 18.8. The first-order valence-electron chi connectivity index (χ1n) is 7.53. The van der Waals surface area contributed by atoms with Crippen LogP contribution in [0.15, 0.2) is 29.2 Å². The highest BCUT2D eigenvalue weighted by Gasteiger charge is 2.46. The third-order valence-electron chi connectivity index (χ3n) is 4.18. The largest absolute Gasteiger partial charge is 0.393 e. The summed E-state index contributed by atoms with van der Waals surface area (Å²) in [6.07, 6.45) is -3.32. The first kappa shape index (κ1) is 19.6. The Balaban J connectivity index is 2.13. The minimum Gasteiger partial charge on any atom is -0.349 e. The van der Waals surface area contributed by atoms with Crippen LogP contribution in [0.5, 0.6) is 0 Å². The van der Waals surface area contributed by atoms with Crippen molar-refractivity contribution in [2.75, 3.05) is 0 Å². The lowest BCUT2D eigenvalue weighted by molar-refractivity contribution is -0.187. The SMILES string of the molecule is O=C(NC1CCCCC1C(F)(F)F)c1ccc(S(=O)(=O)C(F)F)cc1. The number of halogens is 5. The molecule has 10 heteroatoms. The predicted octanol–water partition coefficient (Wildman–Crippen LogP) is 3.53. The van der Waals surface area contributed by atoms with Gasteiger partial charge in [-0.25, -0.2) is 8.42 Å². The van der Waals surface area contributed by atoms with Crippen LogP contribution in [-0.2, 0) is 9.84 Å². The Labute approximate surface area is 141 Å². The minimum absolute atomic E-state index is 0.0694. The van der Waals surface area contributed by atoms with E-state index in [2.05, 4.69) is 5.32 Å². The van der Waals surface area contributed by atoms with Crippen LogP contribution >= 0.6 is 0 Å². The first-order valence-corrected chi connectivity index (χ1v) is 9.08. The van der Waals surface area contributed by atoms with E-state index in [9.17, 15) is 35.2 Å². The second-order valence-corrected chi connectivity index (χ2v) is 7.76. The van der Waals surface area contributed by atoms with Gasteiger partial charge in [0.1, 0.15) is 0 Å². The highest BCUT2D eigenvalue weighted by Crippen LogP contribution is 2.37. The fraction of sp³-hybridized carbons (Fsp3) is 0.533. The van der Waals surface area contributed by atoms with Gasteiger partial charge in [0.2, 0.25) is 9.84 Å². The van der Waals surface area contributed by atoms with Crippen LogP contribution < -0.4 is 5.32 Å². The van der Waals surface area contributed by atoms with Gasteiger partial charge in [-0.2, -0.15) is 22.0 Å². The Morgan fingerprint density at radius 1 is 1.08 bits per heavy atom. The molecule has 4 nitrogen and oxygen atoms in total. The van der Waals surface area contributed by atoms with E-state index in [4.69, 9.17) is 0 Å². The number of benzene rings is 1. The topological polar surface area (TPSA) is 63.2 Å². The van der Waals surface area contributed by atoms with Gasteiger partial charge in [-0.05, 0) is 37.1 Å². The van der Waals surface area contributed by atoms with Crippen LogP contribution in [-0.4, -0.2) is 32.3 Å². The Kier molecular flexibility index (Phi) is 5.70. The fourth-order valence-corrected chi connectivity index (χ4v) is 3.57. The Hall–Kier alpha value is -1.71. The summed E-state index contributed by atoms with van der Waals surface area (Å²) < 4.78 is 86.6. The average Bonchev–Trinajstić information content (AvgIpc) is 2.54. The number of amides is 1. The fourth-order valence-electron chi connectivity index (χ4n) is 2.85. The molecule has 0 saturated heterocycles. The summed E-state index contributed by atoms with van der Waals surface area (Å²) in [5.41, 5.74) is -0.0975. The molecular weight excluding hydrogens is 369 g/mol. The van der Waals surface area contributed by atoms with E-state index >= 15 is 0 Å². The predicted molar refractivity (Wildman–Crippen MR) is 78.9 cm³/mol. The van der Waals surface area contributed by atoms with E-state index < -0.39 is 44.5 Å². The zero-order valence-electron chi connectivity index (χ0n) is 12.9. The van der Waals surface area contributed by atoms with E-state index in [0.717, 1.165) is 24.3 Å². The molecule has 1 aromatic rings. The van der Waals surface area contributed by atoms with Crippen LogP contribution in [0.4, 0.5) is 22.0 Å². The van der Waals surface area contributed by atoms with Gasteiger partial charge in [-0.15, -0.1) is 0 Å². The highest BCUT2D eigenvalue weighted by atomic mass is 32.2. The van der Waals surface area contributed by atoms with Crippen molar-refractivity contribution in [3.8, 4) is 0 Å². The summed E-state index contributed by atoms with van der Waals surface area (Å²) in [5, 5.41) is 2.32. The van der Waals surface area contributed by atoms with Crippen molar-refractivity contribution < 1.29 is 35.2 Å². The molecule has 1 N–H and O–H groups in total. The lowest BCUT2D eigenvalue weighted by Gasteiger charge is -2.33. The van der Waals surface area contributed by atoms with Crippen molar-refractivity contribution in [1.82, 2.24) is 5.32 Å². The molecule has 1 aliphatic carbocycles. The minimum atomic E-state index is -4.79. The molecule has 140 valence electrons. The summed E-state index contributed by atoms with van der Waals surface area (Å²) in [7, 11) is -4.79. The molecule has 0 spiro atoms. The maximum atomic E-state index is 13.0. The van der Waals surface area contributed by atoms with Crippen molar-refractivity contribution in [2.45, 2.75) is 48.6 Å². The first-order chi connectivity index (χ1) is 11.5. The molecule has 1 aliphatic rings. The van der Waals surface area contributed by atoms with Crippen molar-refractivity contribution in [1.29, 1.82) is 0 Å². The number of hydrogen-bond donors (Lipinski definition) is 1. The standard InChI is InChI=1S/C15H16F5NO3S/c16-14(17)25(23,24)10-7-5-9(6-8-10)13(22)21-12-4-2-1-3-11(12)15(18,19)20/h5-8,11-12,14H,1-4H2,(H,21,22). The van der Waals surface area contributed by atoms with Gasteiger partial charge < -0.3 is 5.32 Å². The molecule has 2 atom stereocenters. The Morgan fingerprint density at radius 2 is 1.64 bits per heavy atom. The number of alkyl halides is 5. The molecule has 2 unspecified atom stereocenters. The quantitative estimate of drug-likeness (QED) is 0.807. The zero-order valence-corrected chi connectivity index (χ0v) is 13.7. The van der Waals surface area contributed by atoms with Gasteiger partial charge in [-0.3, -0.25) is 4.79 Å². The maximum Gasteiger partial charge on any atom is 0.393 e. The van der Waals surface area contributed by atoms with Crippen molar-refractivity contribution in [3.05, 3.63) is 29.8 Å². The van der Waals surface area contributed by atoms with Crippen LogP contribution in [0, 0.1) is 5.92 Å². The van der Waals surface area contributed by atoms with Gasteiger partial charge in [0, 0.05) is 11.6 Å². The van der Waals surface area contributed by atoms with Gasteiger partial charge in [0.25, 0.3) is 5.91 Å². The summed E-state index contributed by atoms with van der Waals surface area (Å²) in [5.74, 6) is -6.03. The summed E-state index contributed by atoms with van der Waals surface area (Å²) in [6.45, 7) is 0. The van der Waals surface area contributed by atoms with Gasteiger partial charge in [-0.1, -0.05) is 12.8 Å². The van der Waals surface area contributed by atoms with Crippen LogP contribution in [0.25, 0.3) is 0 Å². The maximum absolute atomic E-state index is 13.0. The summed E-state index contributed by atoms with van der Waals surface area (Å²) in [6, 6.07) is 2.59. The lowest BCUT2D eigenvalue weighted by Crippen LogP contribution is -2.47. The molecule has 0 radical (unpaired) electrons. The lowest BCUT2D eigenvalue weighted by atomic mass is 9.84. The summed E-state index contributed by atoms with van der Waals surface area (Å²) in [4.78, 5) is 11.4. The van der Waals surface area contributed by atoms with Crippen LogP contribution in [0.1, 0.15) is 36.0 Å². The third-order valence-corrected chi connectivity index (χ3v) is 5.58. The molecule has 0 heterocycles. The smallest absolute Gasteiger partial charge is 0.349 e. The summed E-state index contributed by atoms with van der Waals surface area (Å²) >= 11 is 0. The number of rotatable bonds is 4. The normalized spacial score (nSPS) is 22.0. The van der Waals surface area contributed by atoms with Gasteiger partial charge >= 0.3 is 11.9 Å². The van der Waals surface area contributed by atoms with Crippen molar-refractivity contribution in [3.63, 3.8) is 0 Å². The van der Waals surface area contributed by atoms with Gasteiger partial charge in [0.05, 0.1) is 10.8 Å². The van der Waals surface area contributed by atoms with Crippen LogP contribution in [0.2, 0.25) is 0 Å². The number of hydrogen-bond acceptors (Lipinski definition) is 3. The molecule has 1 saturated carbocycles. The molecule has 1 aromatic carbocycles. The van der Waals surface area contributed by atoms with E-state index in [-0.39, 0.29) is 18.4 Å². The molecule has 2 rings (SSSR count). The number of sulfone groups is 1. The average molecular weight is 385 g/mol. The second-order valence-electron chi connectivity index (χ2n) is 5.84. The molecule has 1 amide bonds. The van der Waals surface area contributed by atoms with E-state index in [0.29, 0.717) is 12.8 Å². The Morgan fingerprint density at radius 3 is 2.16 bits per heavy atom. The third kappa shape index (κ3) is 4.47. The number of carbonyl (C=O) groups is 1.